The highest BCUT2D eigenvalue weighted by Crippen LogP contribution is 2.62. The summed E-state index contributed by atoms with van der Waals surface area (Å²) in [7, 11) is -7.11. The zero-order valence-electron chi connectivity index (χ0n) is 15.1. The van der Waals surface area contributed by atoms with Gasteiger partial charge in [-0.3, -0.25) is 28.0 Å². The van der Waals surface area contributed by atoms with Crippen molar-refractivity contribution in [1.29, 1.82) is 0 Å². The summed E-state index contributed by atoms with van der Waals surface area (Å²) in [5.74, 6) is -0.635. The maximum atomic E-state index is 12.2. The normalized spacial score (nSPS) is 34.9. The van der Waals surface area contributed by atoms with Gasteiger partial charge in [-0.25, -0.2) is 4.79 Å². The minimum Gasteiger partial charge on any atom is -0.374 e. The van der Waals surface area contributed by atoms with Crippen LogP contribution in [0.1, 0.15) is 19.6 Å². The van der Waals surface area contributed by atoms with Gasteiger partial charge in [-0.15, -0.1) is 0 Å². The monoisotopic (exact) mass is 440 g/mol. The van der Waals surface area contributed by atoms with Crippen molar-refractivity contribution in [2.75, 3.05) is 13.3 Å². The summed E-state index contributed by atoms with van der Waals surface area (Å²) >= 11 is 0. The van der Waals surface area contributed by atoms with E-state index in [0.717, 1.165) is 10.6 Å². The lowest BCUT2D eigenvalue weighted by atomic mass is 10.1. The highest BCUT2D eigenvalue weighted by molar-refractivity contribution is 7.53. The highest BCUT2D eigenvalue weighted by atomic mass is 31.2. The molecule has 0 spiro atoms. The number of ether oxygens (including phenoxy) is 2. The molecule has 1 aliphatic carbocycles. The summed E-state index contributed by atoms with van der Waals surface area (Å²) < 4.78 is 41.4. The van der Waals surface area contributed by atoms with Crippen molar-refractivity contribution in [1.82, 2.24) is 9.55 Å². The van der Waals surface area contributed by atoms with Gasteiger partial charge in [-0.1, -0.05) is 6.92 Å². The van der Waals surface area contributed by atoms with Gasteiger partial charge < -0.3 is 24.2 Å². The Morgan fingerprint density at radius 2 is 1.96 bits per heavy atom. The molecule has 12 nitrogen and oxygen atoms in total. The SMILES string of the molecule is CCP(=O)(O)O[C@@H]1[C@H](OC)[C@H](n2ccc(=O)[nH]c2=O)O[C@@H]1C1CC1P(=O)(O)O. The molecular weight excluding hydrogens is 418 g/mol. The molecule has 0 amide bonds. The average Bonchev–Trinajstić information content (AvgIpc) is 3.32. The van der Waals surface area contributed by atoms with E-state index in [2.05, 4.69) is 4.98 Å². The van der Waals surface area contributed by atoms with Crippen LogP contribution >= 0.6 is 15.2 Å². The van der Waals surface area contributed by atoms with Crippen LogP contribution in [0.5, 0.6) is 0 Å². The quantitative estimate of drug-likeness (QED) is 0.408. The largest absolute Gasteiger partial charge is 0.374 e. The van der Waals surface area contributed by atoms with Crippen molar-refractivity contribution in [3.63, 3.8) is 0 Å². The van der Waals surface area contributed by atoms with Crippen LogP contribution in [-0.2, 0) is 23.1 Å². The predicted molar refractivity (Wildman–Crippen MR) is 95.2 cm³/mol. The molecule has 3 rings (SSSR count). The molecule has 2 fully saturated rings. The van der Waals surface area contributed by atoms with E-state index in [1.165, 1.54) is 20.2 Å². The summed E-state index contributed by atoms with van der Waals surface area (Å²) in [6.07, 6.45) is -3.16. The number of aromatic amines is 1. The Kier molecular flexibility index (Phi) is 5.88. The fourth-order valence-electron chi connectivity index (χ4n) is 3.44. The number of nitrogens with one attached hydrogen (secondary N) is 1. The molecule has 1 saturated carbocycles. The van der Waals surface area contributed by atoms with Crippen molar-refractivity contribution in [3.8, 4) is 0 Å². The van der Waals surface area contributed by atoms with Crippen LogP contribution in [0, 0.1) is 5.92 Å². The first-order valence-electron chi connectivity index (χ1n) is 8.53. The van der Waals surface area contributed by atoms with E-state index in [0.29, 0.717) is 0 Å². The van der Waals surface area contributed by atoms with Crippen LogP contribution in [-0.4, -0.2) is 61.5 Å². The molecule has 28 heavy (non-hydrogen) atoms. The average molecular weight is 440 g/mol. The fourth-order valence-corrected chi connectivity index (χ4v) is 5.39. The number of hydrogen-bond donors (Lipinski definition) is 4. The lowest BCUT2D eigenvalue weighted by molar-refractivity contribution is -0.0571. The first kappa shape index (κ1) is 21.6. The third-order valence-corrected chi connectivity index (χ3v) is 7.80. The van der Waals surface area contributed by atoms with E-state index >= 15 is 0 Å². The molecule has 2 heterocycles. The number of rotatable bonds is 7. The van der Waals surface area contributed by atoms with Gasteiger partial charge >= 0.3 is 20.9 Å². The topological polar surface area (TPSA) is 177 Å². The second-order valence-electron chi connectivity index (χ2n) is 6.79. The number of nitrogens with zero attached hydrogens (tertiary/aromatic N) is 1. The van der Waals surface area contributed by atoms with Crippen molar-refractivity contribution in [2.45, 2.75) is 43.5 Å². The second kappa shape index (κ2) is 7.62. The van der Waals surface area contributed by atoms with Gasteiger partial charge in [0.1, 0.15) is 12.2 Å². The van der Waals surface area contributed by atoms with E-state index < -0.39 is 62.6 Å². The van der Waals surface area contributed by atoms with Crippen molar-refractivity contribution in [2.24, 2.45) is 5.92 Å². The maximum Gasteiger partial charge on any atom is 0.330 e. The first-order valence-corrected chi connectivity index (χ1v) is 12.0. The summed E-state index contributed by atoms with van der Waals surface area (Å²) in [5, 5.41) is 0. The molecule has 0 radical (unpaired) electrons. The zero-order chi connectivity index (χ0) is 20.9. The molecular formula is C14H22N2O10P2. The van der Waals surface area contributed by atoms with Gasteiger partial charge in [0, 0.05) is 31.5 Å². The Morgan fingerprint density at radius 3 is 2.46 bits per heavy atom. The van der Waals surface area contributed by atoms with Crippen LogP contribution in [0.25, 0.3) is 0 Å². The van der Waals surface area contributed by atoms with E-state index in [4.69, 9.17) is 14.0 Å². The zero-order valence-corrected chi connectivity index (χ0v) is 16.9. The molecule has 14 heteroatoms. The molecule has 0 aromatic carbocycles. The van der Waals surface area contributed by atoms with E-state index in [-0.39, 0.29) is 12.6 Å². The molecule has 1 aliphatic heterocycles. The van der Waals surface area contributed by atoms with Crippen LogP contribution in [0.2, 0.25) is 0 Å². The molecule has 158 valence electrons. The standard InChI is InChI=1S/C14H22N2O10P2/c1-3-27(19,20)26-11-10(7-6-8(7)28(21,22)23)25-13(12(11)24-2)16-5-4-9(17)15-14(16)18/h4-5,7-8,10-13H,3,6H2,1-2H3,(H,19,20)(H,15,17,18)(H2,21,22,23)/t7?,8?,10-,11+,12+,13-/m1/s1. The summed E-state index contributed by atoms with van der Waals surface area (Å²) in [6, 6.07) is 1.10. The molecule has 3 unspecified atom stereocenters. The Hall–Kier alpha value is -1.10. The van der Waals surface area contributed by atoms with Gasteiger partial charge in [0.2, 0.25) is 0 Å². The molecule has 0 bridgehead atoms. The Balaban J connectivity index is 1.97. The number of H-pyrrole nitrogens is 1. The van der Waals surface area contributed by atoms with Crippen molar-refractivity contribution in [3.05, 3.63) is 33.1 Å². The number of methoxy groups -OCH3 is 1. The highest BCUT2D eigenvalue weighted by Gasteiger charge is 2.61. The fraction of sp³-hybridized carbons (Fsp3) is 0.714. The number of hydrogen-bond acceptors (Lipinski definition) is 7. The Morgan fingerprint density at radius 1 is 1.29 bits per heavy atom. The lowest BCUT2D eigenvalue weighted by Gasteiger charge is -2.25. The van der Waals surface area contributed by atoms with Crippen LogP contribution in [0.15, 0.2) is 21.9 Å². The van der Waals surface area contributed by atoms with Gasteiger partial charge in [0.15, 0.2) is 6.23 Å². The Bertz CT molecular complexity index is 939. The van der Waals surface area contributed by atoms with E-state index in [9.17, 15) is 33.4 Å². The van der Waals surface area contributed by atoms with Gasteiger partial charge in [0.05, 0.1) is 11.8 Å². The Labute approximate surface area is 159 Å². The van der Waals surface area contributed by atoms with Crippen molar-refractivity contribution < 1.29 is 37.8 Å². The number of aromatic nitrogens is 2. The summed E-state index contributed by atoms with van der Waals surface area (Å²) in [5.41, 5.74) is -2.37. The minimum absolute atomic E-state index is 0.139. The van der Waals surface area contributed by atoms with Gasteiger partial charge in [0.25, 0.3) is 5.56 Å². The molecule has 4 N–H and O–H groups in total. The molecule has 1 aromatic heterocycles. The second-order valence-corrected chi connectivity index (χ2v) is 10.7. The molecule has 1 aromatic rings. The van der Waals surface area contributed by atoms with Gasteiger partial charge in [-0.2, -0.15) is 0 Å². The molecule has 1 saturated heterocycles. The first-order chi connectivity index (χ1) is 13.0. The van der Waals surface area contributed by atoms with Crippen LogP contribution in [0.3, 0.4) is 0 Å². The van der Waals surface area contributed by atoms with E-state index in [1.807, 2.05) is 0 Å². The third kappa shape index (κ3) is 4.24. The third-order valence-electron chi connectivity index (χ3n) is 4.97. The van der Waals surface area contributed by atoms with Crippen molar-refractivity contribution >= 4 is 15.2 Å². The predicted octanol–water partition coefficient (Wildman–Crippen LogP) is -0.394. The van der Waals surface area contributed by atoms with E-state index in [1.54, 1.807) is 0 Å². The molecule has 2 aliphatic rings. The van der Waals surface area contributed by atoms with Gasteiger partial charge in [-0.05, 0) is 6.42 Å². The maximum absolute atomic E-state index is 12.2. The van der Waals surface area contributed by atoms with Crippen LogP contribution < -0.4 is 11.2 Å². The summed E-state index contributed by atoms with van der Waals surface area (Å²) in [4.78, 5) is 54.3. The minimum atomic E-state index is -4.38. The smallest absolute Gasteiger partial charge is 0.330 e. The van der Waals surface area contributed by atoms with Crippen LogP contribution in [0.4, 0.5) is 0 Å². The lowest BCUT2D eigenvalue weighted by Crippen LogP contribution is -2.39. The summed E-state index contributed by atoms with van der Waals surface area (Å²) in [6.45, 7) is 1.45. The molecule has 7 atom stereocenters.